The molecule has 1 aromatic carbocycles. The van der Waals surface area contributed by atoms with Crippen molar-refractivity contribution < 1.29 is 4.74 Å². The molecule has 1 aliphatic heterocycles. The lowest BCUT2D eigenvalue weighted by molar-refractivity contribution is 0.231. The van der Waals surface area contributed by atoms with Crippen LogP contribution in [0, 0.1) is 5.92 Å². The van der Waals surface area contributed by atoms with Crippen LogP contribution in [0.2, 0.25) is 0 Å². The molecule has 1 unspecified atom stereocenters. The highest BCUT2D eigenvalue weighted by Gasteiger charge is 2.20. The molecule has 0 saturated carbocycles. The van der Waals surface area contributed by atoms with Crippen molar-refractivity contribution in [2.75, 3.05) is 26.2 Å². The maximum Gasteiger partial charge on any atom is 0.119 e. The van der Waals surface area contributed by atoms with E-state index >= 15 is 0 Å². The summed E-state index contributed by atoms with van der Waals surface area (Å²) < 4.78 is 5.81. The van der Waals surface area contributed by atoms with Crippen LogP contribution in [-0.4, -0.2) is 31.1 Å². The van der Waals surface area contributed by atoms with Crippen molar-refractivity contribution in [3.8, 4) is 5.75 Å². The predicted molar refractivity (Wildman–Crippen MR) is 79.3 cm³/mol. The lowest BCUT2D eigenvalue weighted by Gasteiger charge is -2.16. The highest BCUT2D eigenvalue weighted by Crippen LogP contribution is 2.20. The van der Waals surface area contributed by atoms with Gasteiger partial charge in [0.2, 0.25) is 0 Å². The summed E-state index contributed by atoms with van der Waals surface area (Å²) in [4.78, 5) is 2.52. The highest BCUT2D eigenvalue weighted by atomic mass is 16.5. The fraction of sp³-hybridized carbons (Fsp3) is 0.625. The van der Waals surface area contributed by atoms with E-state index in [0.29, 0.717) is 6.54 Å². The van der Waals surface area contributed by atoms with Crippen LogP contribution in [0.3, 0.4) is 0 Å². The summed E-state index contributed by atoms with van der Waals surface area (Å²) in [5.74, 6) is 1.85. The molecule has 0 spiro atoms. The standard InChI is InChI=1S/C16H26N2O/c1-2-4-14-7-8-18(13-14)9-10-19-16-6-3-5-15(11-16)12-17/h3,5-6,11,14H,2,4,7-10,12-13,17H2,1H3. The van der Waals surface area contributed by atoms with E-state index in [2.05, 4.69) is 11.8 Å². The van der Waals surface area contributed by atoms with Crippen LogP contribution >= 0.6 is 0 Å². The van der Waals surface area contributed by atoms with E-state index in [1.165, 1.54) is 32.4 Å². The molecule has 1 heterocycles. The Bertz CT molecular complexity index is 381. The van der Waals surface area contributed by atoms with Crippen LogP contribution in [0.25, 0.3) is 0 Å². The third-order valence-corrected chi connectivity index (χ3v) is 3.88. The van der Waals surface area contributed by atoms with Gasteiger partial charge in [-0.1, -0.05) is 25.5 Å². The zero-order valence-electron chi connectivity index (χ0n) is 12.0. The second-order valence-corrected chi connectivity index (χ2v) is 5.44. The van der Waals surface area contributed by atoms with Gasteiger partial charge in [-0.25, -0.2) is 0 Å². The molecule has 0 aliphatic carbocycles. The number of hydrogen-bond donors (Lipinski definition) is 1. The Kier molecular flexibility index (Phi) is 5.67. The largest absolute Gasteiger partial charge is 0.492 e. The van der Waals surface area contributed by atoms with Crippen molar-refractivity contribution in [1.29, 1.82) is 0 Å². The summed E-state index contributed by atoms with van der Waals surface area (Å²) in [7, 11) is 0. The Hall–Kier alpha value is -1.06. The smallest absolute Gasteiger partial charge is 0.119 e. The summed E-state index contributed by atoms with van der Waals surface area (Å²) >= 11 is 0. The van der Waals surface area contributed by atoms with E-state index in [1.54, 1.807) is 0 Å². The van der Waals surface area contributed by atoms with Crippen LogP contribution in [-0.2, 0) is 6.54 Å². The van der Waals surface area contributed by atoms with E-state index in [0.717, 1.165) is 30.4 Å². The molecule has 3 nitrogen and oxygen atoms in total. The van der Waals surface area contributed by atoms with Gasteiger partial charge in [0.25, 0.3) is 0 Å². The van der Waals surface area contributed by atoms with Crippen LogP contribution in [0.4, 0.5) is 0 Å². The van der Waals surface area contributed by atoms with Crippen LogP contribution in [0.5, 0.6) is 5.75 Å². The van der Waals surface area contributed by atoms with Crippen LogP contribution in [0.1, 0.15) is 31.7 Å². The SMILES string of the molecule is CCCC1CCN(CCOc2cccc(CN)c2)C1. The zero-order valence-corrected chi connectivity index (χ0v) is 12.0. The van der Waals surface area contributed by atoms with Crippen molar-refractivity contribution in [2.24, 2.45) is 11.7 Å². The third kappa shape index (κ3) is 4.51. The Morgan fingerprint density at radius 3 is 3.11 bits per heavy atom. The first-order chi connectivity index (χ1) is 9.31. The van der Waals surface area contributed by atoms with Crippen LogP contribution < -0.4 is 10.5 Å². The van der Waals surface area contributed by atoms with E-state index in [4.69, 9.17) is 10.5 Å². The number of nitrogens with two attached hydrogens (primary N) is 1. The van der Waals surface area contributed by atoms with Gasteiger partial charge in [-0.05, 0) is 43.0 Å². The van der Waals surface area contributed by atoms with E-state index in [9.17, 15) is 0 Å². The summed E-state index contributed by atoms with van der Waals surface area (Å²) in [6, 6.07) is 8.07. The average Bonchev–Trinajstić information content (AvgIpc) is 2.87. The molecule has 0 aromatic heterocycles. The second-order valence-electron chi connectivity index (χ2n) is 5.44. The van der Waals surface area contributed by atoms with E-state index in [-0.39, 0.29) is 0 Å². The average molecular weight is 262 g/mol. The topological polar surface area (TPSA) is 38.5 Å². The molecule has 3 heteroatoms. The van der Waals surface area contributed by atoms with Gasteiger partial charge in [0.1, 0.15) is 12.4 Å². The van der Waals surface area contributed by atoms with Crippen molar-refractivity contribution >= 4 is 0 Å². The number of rotatable bonds is 7. The fourth-order valence-electron chi connectivity index (χ4n) is 2.81. The monoisotopic (exact) mass is 262 g/mol. The molecule has 0 amide bonds. The molecule has 1 aliphatic rings. The minimum atomic E-state index is 0.571. The summed E-state index contributed by atoms with van der Waals surface area (Å²) in [5, 5.41) is 0. The fourth-order valence-corrected chi connectivity index (χ4v) is 2.81. The summed E-state index contributed by atoms with van der Waals surface area (Å²) in [6.45, 7) is 7.13. The van der Waals surface area contributed by atoms with Crippen LogP contribution in [0.15, 0.2) is 24.3 Å². The number of ether oxygens (including phenoxy) is 1. The molecular weight excluding hydrogens is 236 g/mol. The lowest BCUT2D eigenvalue weighted by atomic mass is 10.0. The summed E-state index contributed by atoms with van der Waals surface area (Å²) in [6.07, 6.45) is 4.04. The van der Waals surface area contributed by atoms with Crippen molar-refractivity contribution in [1.82, 2.24) is 4.90 Å². The third-order valence-electron chi connectivity index (χ3n) is 3.88. The molecule has 0 radical (unpaired) electrons. The quantitative estimate of drug-likeness (QED) is 0.821. The predicted octanol–water partition coefficient (Wildman–Crippen LogP) is 2.65. The minimum Gasteiger partial charge on any atom is -0.492 e. The highest BCUT2D eigenvalue weighted by molar-refractivity contribution is 5.28. The van der Waals surface area contributed by atoms with Gasteiger partial charge in [-0.2, -0.15) is 0 Å². The van der Waals surface area contributed by atoms with Crippen molar-refractivity contribution in [3.05, 3.63) is 29.8 Å². The minimum absolute atomic E-state index is 0.571. The first-order valence-corrected chi connectivity index (χ1v) is 7.46. The first-order valence-electron chi connectivity index (χ1n) is 7.46. The van der Waals surface area contributed by atoms with E-state index in [1.807, 2.05) is 24.3 Å². The Labute approximate surface area is 116 Å². The zero-order chi connectivity index (χ0) is 13.5. The van der Waals surface area contributed by atoms with Gasteiger partial charge in [-0.3, -0.25) is 4.90 Å². The molecule has 1 saturated heterocycles. The number of benzene rings is 1. The molecule has 2 rings (SSSR count). The van der Waals surface area contributed by atoms with E-state index < -0.39 is 0 Å². The maximum atomic E-state index is 5.81. The number of likely N-dealkylation sites (tertiary alicyclic amines) is 1. The maximum absolute atomic E-state index is 5.81. The number of hydrogen-bond acceptors (Lipinski definition) is 3. The molecule has 19 heavy (non-hydrogen) atoms. The number of nitrogens with zero attached hydrogens (tertiary/aromatic N) is 1. The molecule has 106 valence electrons. The lowest BCUT2D eigenvalue weighted by Crippen LogP contribution is -2.26. The van der Waals surface area contributed by atoms with Gasteiger partial charge in [-0.15, -0.1) is 0 Å². The summed E-state index contributed by atoms with van der Waals surface area (Å²) in [5.41, 5.74) is 6.75. The Balaban J connectivity index is 1.69. The molecule has 0 bridgehead atoms. The molecular formula is C16H26N2O. The molecule has 2 N–H and O–H groups in total. The van der Waals surface area contributed by atoms with Gasteiger partial charge in [0, 0.05) is 19.6 Å². The second kappa shape index (κ2) is 7.51. The van der Waals surface area contributed by atoms with Gasteiger partial charge in [0.05, 0.1) is 0 Å². The van der Waals surface area contributed by atoms with Crippen molar-refractivity contribution in [3.63, 3.8) is 0 Å². The van der Waals surface area contributed by atoms with Gasteiger partial charge in [0.15, 0.2) is 0 Å². The molecule has 1 fully saturated rings. The molecule has 1 atom stereocenters. The Morgan fingerprint density at radius 2 is 2.32 bits per heavy atom. The van der Waals surface area contributed by atoms with Gasteiger partial charge < -0.3 is 10.5 Å². The van der Waals surface area contributed by atoms with Gasteiger partial charge >= 0.3 is 0 Å². The van der Waals surface area contributed by atoms with Crippen molar-refractivity contribution in [2.45, 2.75) is 32.7 Å². The molecule has 1 aromatic rings. The normalized spacial score (nSPS) is 19.8. The first kappa shape index (κ1) is 14.4. The Morgan fingerprint density at radius 1 is 1.42 bits per heavy atom.